The van der Waals surface area contributed by atoms with Gasteiger partial charge in [-0.15, -0.1) is 0 Å². The summed E-state index contributed by atoms with van der Waals surface area (Å²) in [4.78, 5) is 2.96. The molecule has 0 bridgehead atoms. The molecule has 0 aliphatic rings. The van der Waals surface area contributed by atoms with E-state index in [1.165, 1.54) is 6.20 Å². The zero-order valence-electron chi connectivity index (χ0n) is 7.89. The second-order valence-electron chi connectivity index (χ2n) is 2.18. The van der Waals surface area contributed by atoms with Gasteiger partial charge >= 0.3 is 0 Å². The third kappa shape index (κ3) is 2.70. The molecule has 1 rings (SSSR count). The number of nitrogen functional groups attached to an aromatic ring is 1. The molecule has 1 aromatic heterocycles. The molecule has 0 aliphatic carbocycles. The highest BCUT2D eigenvalue weighted by atomic mass is 14.8. The summed E-state index contributed by atoms with van der Waals surface area (Å²) in [6.07, 6.45) is 3.23. The summed E-state index contributed by atoms with van der Waals surface area (Å²) in [7, 11) is 0. The molecular formula is C9H17N3. The second-order valence-corrected chi connectivity index (χ2v) is 2.18. The van der Waals surface area contributed by atoms with E-state index in [1.54, 1.807) is 6.08 Å². The predicted octanol–water partition coefficient (Wildman–Crippen LogP) is 1.86. The van der Waals surface area contributed by atoms with Crippen LogP contribution in [0.15, 0.2) is 12.3 Å². The van der Waals surface area contributed by atoms with E-state index in [2.05, 4.69) is 4.98 Å². The van der Waals surface area contributed by atoms with Crippen molar-refractivity contribution in [1.82, 2.24) is 4.98 Å². The number of aromatic amines is 1. The third-order valence-corrected chi connectivity index (χ3v) is 1.29. The molecule has 5 N–H and O–H groups in total. The number of hydrogen-bond acceptors (Lipinski definition) is 2. The first kappa shape index (κ1) is 10.6. The number of anilines is 1. The van der Waals surface area contributed by atoms with E-state index >= 15 is 0 Å². The summed E-state index contributed by atoms with van der Waals surface area (Å²) in [5, 5.41) is 0. The summed E-state index contributed by atoms with van der Waals surface area (Å²) in [5.41, 5.74) is 12.7. The van der Waals surface area contributed by atoms with Crippen LogP contribution in [0, 0.1) is 6.92 Å². The van der Waals surface area contributed by atoms with Gasteiger partial charge in [-0.1, -0.05) is 13.8 Å². The second kappa shape index (κ2) is 5.29. The molecule has 0 aliphatic heterocycles. The zero-order valence-corrected chi connectivity index (χ0v) is 7.89. The molecule has 0 amide bonds. The van der Waals surface area contributed by atoms with Crippen molar-refractivity contribution in [2.24, 2.45) is 5.73 Å². The van der Waals surface area contributed by atoms with Crippen LogP contribution in [0.4, 0.5) is 5.82 Å². The molecule has 3 heteroatoms. The van der Waals surface area contributed by atoms with Crippen molar-refractivity contribution in [3.8, 4) is 0 Å². The van der Waals surface area contributed by atoms with Gasteiger partial charge in [-0.25, -0.2) is 0 Å². The first-order valence-corrected chi connectivity index (χ1v) is 4.07. The molecule has 1 heterocycles. The normalized spacial score (nSPS) is 9.58. The van der Waals surface area contributed by atoms with Crippen molar-refractivity contribution in [2.45, 2.75) is 20.8 Å². The minimum Gasteiger partial charge on any atom is -0.405 e. The van der Waals surface area contributed by atoms with Crippen LogP contribution >= 0.6 is 0 Å². The van der Waals surface area contributed by atoms with Gasteiger partial charge in [0.05, 0.1) is 0 Å². The van der Waals surface area contributed by atoms with Gasteiger partial charge in [-0.3, -0.25) is 0 Å². The van der Waals surface area contributed by atoms with Gasteiger partial charge in [0.2, 0.25) is 0 Å². The van der Waals surface area contributed by atoms with Gasteiger partial charge < -0.3 is 16.5 Å². The number of hydrogen-bond donors (Lipinski definition) is 3. The highest BCUT2D eigenvalue weighted by Gasteiger charge is 1.96. The lowest BCUT2D eigenvalue weighted by molar-refractivity contribution is 1.27. The maximum Gasteiger partial charge on any atom is 0.108 e. The molecule has 12 heavy (non-hydrogen) atoms. The standard InChI is InChI=1S/C7H11N3.C2H6/c1-5-4-6(2-3-8)7(9)10-5;1-2/h2-4,10H,8-9H2,1H3;1-2H3/b3-2-;. The summed E-state index contributed by atoms with van der Waals surface area (Å²) >= 11 is 0. The minimum absolute atomic E-state index is 0.666. The summed E-state index contributed by atoms with van der Waals surface area (Å²) in [5.74, 6) is 0.666. The lowest BCUT2D eigenvalue weighted by Gasteiger charge is -1.86. The summed E-state index contributed by atoms with van der Waals surface area (Å²) in [6, 6.07) is 1.94. The van der Waals surface area contributed by atoms with E-state index in [-0.39, 0.29) is 0 Å². The Balaban J connectivity index is 0.000000561. The van der Waals surface area contributed by atoms with Gasteiger partial charge in [-0.2, -0.15) is 0 Å². The van der Waals surface area contributed by atoms with Crippen LogP contribution in [-0.4, -0.2) is 4.98 Å². The molecule has 0 aromatic carbocycles. The first-order chi connectivity index (χ1) is 5.74. The van der Waals surface area contributed by atoms with Gasteiger partial charge in [0.1, 0.15) is 5.82 Å². The highest BCUT2D eigenvalue weighted by Crippen LogP contribution is 2.12. The van der Waals surface area contributed by atoms with Crippen molar-refractivity contribution in [3.05, 3.63) is 23.5 Å². The molecule has 68 valence electrons. The van der Waals surface area contributed by atoms with Gasteiger partial charge in [-0.05, 0) is 25.3 Å². The van der Waals surface area contributed by atoms with Crippen LogP contribution in [0.1, 0.15) is 25.1 Å². The first-order valence-electron chi connectivity index (χ1n) is 4.07. The summed E-state index contributed by atoms with van der Waals surface area (Å²) < 4.78 is 0. The van der Waals surface area contributed by atoms with Gasteiger partial charge in [0.25, 0.3) is 0 Å². The molecule has 0 radical (unpaired) electrons. The molecule has 0 atom stereocenters. The molecule has 0 unspecified atom stereocenters. The van der Waals surface area contributed by atoms with Crippen LogP contribution < -0.4 is 11.5 Å². The highest BCUT2D eigenvalue weighted by molar-refractivity contribution is 5.62. The quantitative estimate of drug-likeness (QED) is 0.597. The van der Waals surface area contributed by atoms with Crippen LogP contribution in [0.2, 0.25) is 0 Å². The monoisotopic (exact) mass is 167 g/mol. The van der Waals surface area contributed by atoms with Crippen LogP contribution in [0.3, 0.4) is 0 Å². The fourth-order valence-corrected chi connectivity index (χ4v) is 0.873. The number of nitrogens with one attached hydrogen (secondary N) is 1. The zero-order chi connectivity index (χ0) is 9.56. The molecule has 0 saturated heterocycles. The lowest BCUT2D eigenvalue weighted by Crippen LogP contribution is -1.86. The molecule has 0 fully saturated rings. The maximum atomic E-state index is 5.57. The number of rotatable bonds is 1. The van der Waals surface area contributed by atoms with Crippen molar-refractivity contribution in [3.63, 3.8) is 0 Å². The fraction of sp³-hybridized carbons (Fsp3) is 0.333. The number of aryl methyl sites for hydroxylation is 1. The molecule has 3 nitrogen and oxygen atoms in total. The average molecular weight is 167 g/mol. The Morgan fingerprint density at radius 1 is 1.42 bits per heavy atom. The number of H-pyrrole nitrogens is 1. The summed E-state index contributed by atoms with van der Waals surface area (Å²) in [6.45, 7) is 5.95. The Morgan fingerprint density at radius 3 is 2.33 bits per heavy atom. The average Bonchev–Trinajstić information content (AvgIpc) is 2.35. The van der Waals surface area contributed by atoms with Crippen molar-refractivity contribution >= 4 is 11.9 Å². The fourth-order valence-electron chi connectivity index (χ4n) is 0.873. The lowest BCUT2D eigenvalue weighted by atomic mass is 10.3. The number of nitrogens with two attached hydrogens (primary N) is 2. The van der Waals surface area contributed by atoms with Crippen molar-refractivity contribution in [2.75, 3.05) is 5.73 Å². The molecular weight excluding hydrogens is 150 g/mol. The van der Waals surface area contributed by atoms with Crippen LogP contribution in [0.25, 0.3) is 6.08 Å². The minimum atomic E-state index is 0.666. The topological polar surface area (TPSA) is 67.8 Å². The van der Waals surface area contributed by atoms with E-state index in [9.17, 15) is 0 Å². The Kier molecular flexibility index (Phi) is 4.69. The third-order valence-electron chi connectivity index (χ3n) is 1.29. The molecule has 0 spiro atoms. The number of aromatic nitrogens is 1. The van der Waals surface area contributed by atoms with E-state index in [0.717, 1.165) is 11.3 Å². The molecule has 1 aromatic rings. The van der Waals surface area contributed by atoms with E-state index < -0.39 is 0 Å². The van der Waals surface area contributed by atoms with Gasteiger partial charge in [0.15, 0.2) is 0 Å². The van der Waals surface area contributed by atoms with Crippen molar-refractivity contribution in [1.29, 1.82) is 0 Å². The van der Waals surface area contributed by atoms with E-state index in [0.29, 0.717) is 5.82 Å². The van der Waals surface area contributed by atoms with Crippen LogP contribution in [-0.2, 0) is 0 Å². The van der Waals surface area contributed by atoms with Crippen molar-refractivity contribution < 1.29 is 0 Å². The Bertz CT molecular complexity index is 248. The Morgan fingerprint density at radius 2 is 2.00 bits per heavy atom. The maximum absolute atomic E-state index is 5.57. The van der Waals surface area contributed by atoms with Gasteiger partial charge in [0, 0.05) is 11.3 Å². The smallest absolute Gasteiger partial charge is 0.108 e. The Hall–Kier alpha value is -1.38. The van der Waals surface area contributed by atoms with E-state index in [1.807, 2.05) is 26.8 Å². The van der Waals surface area contributed by atoms with E-state index in [4.69, 9.17) is 11.5 Å². The SMILES string of the molecule is CC.Cc1cc(/C=C\N)c(N)[nH]1. The predicted molar refractivity (Wildman–Crippen MR) is 54.5 cm³/mol. The molecule has 0 saturated carbocycles. The Labute approximate surface area is 73.5 Å². The largest absolute Gasteiger partial charge is 0.405 e. The van der Waals surface area contributed by atoms with Crippen LogP contribution in [0.5, 0.6) is 0 Å².